The standard InChI is InChI=1S/C13H18N2O/c1-14-13(16)12(15-11-8-5-9-11)10-6-3-2-4-7-10/h2-4,6-7,11-12,15H,5,8-9H2,1H3,(H,14,16)/t12-/m1/s1. The summed E-state index contributed by atoms with van der Waals surface area (Å²) in [5, 5.41) is 6.12. The molecule has 86 valence electrons. The van der Waals surface area contributed by atoms with Gasteiger partial charge in [-0.1, -0.05) is 36.8 Å². The number of carbonyl (C=O) groups is 1. The minimum absolute atomic E-state index is 0.0399. The third-order valence-corrected chi connectivity index (χ3v) is 3.15. The molecule has 3 heteroatoms. The third kappa shape index (κ3) is 2.42. The van der Waals surface area contributed by atoms with Crippen molar-refractivity contribution in [3.8, 4) is 0 Å². The largest absolute Gasteiger partial charge is 0.358 e. The molecule has 1 fully saturated rings. The Kier molecular flexibility index (Phi) is 3.57. The summed E-state index contributed by atoms with van der Waals surface area (Å²) in [5.74, 6) is 0.0399. The molecule has 1 atom stereocenters. The maximum absolute atomic E-state index is 11.8. The van der Waals surface area contributed by atoms with E-state index < -0.39 is 0 Å². The van der Waals surface area contributed by atoms with Crippen molar-refractivity contribution >= 4 is 5.91 Å². The molecule has 0 bridgehead atoms. The molecule has 1 aliphatic rings. The second kappa shape index (κ2) is 5.12. The van der Waals surface area contributed by atoms with Crippen molar-refractivity contribution in [1.82, 2.24) is 10.6 Å². The minimum atomic E-state index is -0.212. The van der Waals surface area contributed by atoms with Gasteiger partial charge in [0, 0.05) is 13.1 Å². The Hall–Kier alpha value is -1.35. The summed E-state index contributed by atoms with van der Waals surface area (Å²) < 4.78 is 0. The minimum Gasteiger partial charge on any atom is -0.358 e. The van der Waals surface area contributed by atoms with E-state index in [-0.39, 0.29) is 11.9 Å². The van der Waals surface area contributed by atoms with E-state index in [0.717, 1.165) is 5.56 Å². The Morgan fingerprint density at radius 3 is 2.50 bits per heavy atom. The first-order chi connectivity index (χ1) is 7.81. The third-order valence-electron chi connectivity index (χ3n) is 3.15. The predicted octanol–water partition coefficient (Wildman–Crippen LogP) is 1.62. The fourth-order valence-electron chi connectivity index (χ4n) is 1.92. The van der Waals surface area contributed by atoms with Crippen LogP contribution >= 0.6 is 0 Å². The molecule has 3 nitrogen and oxygen atoms in total. The van der Waals surface area contributed by atoms with Gasteiger partial charge in [-0.05, 0) is 18.4 Å². The van der Waals surface area contributed by atoms with Crippen LogP contribution in [0.1, 0.15) is 30.9 Å². The van der Waals surface area contributed by atoms with Gasteiger partial charge < -0.3 is 5.32 Å². The zero-order chi connectivity index (χ0) is 11.4. The summed E-state index contributed by atoms with van der Waals surface area (Å²) in [6, 6.07) is 10.2. The lowest BCUT2D eigenvalue weighted by molar-refractivity contribution is -0.123. The van der Waals surface area contributed by atoms with Gasteiger partial charge >= 0.3 is 0 Å². The lowest BCUT2D eigenvalue weighted by atomic mass is 9.91. The molecule has 2 rings (SSSR count). The zero-order valence-electron chi connectivity index (χ0n) is 9.57. The Labute approximate surface area is 96.2 Å². The SMILES string of the molecule is CNC(=O)[C@H](NC1CCC1)c1ccccc1. The number of benzene rings is 1. The summed E-state index contributed by atoms with van der Waals surface area (Å²) in [4.78, 5) is 11.8. The maximum atomic E-state index is 11.8. The highest BCUT2D eigenvalue weighted by atomic mass is 16.2. The van der Waals surface area contributed by atoms with Gasteiger partial charge in [0.2, 0.25) is 5.91 Å². The lowest BCUT2D eigenvalue weighted by Crippen LogP contribution is -2.44. The van der Waals surface area contributed by atoms with Gasteiger partial charge in [0.25, 0.3) is 0 Å². The molecule has 0 saturated heterocycles. The molecule has 1 amide bonds. The number of hydrogen-bond acceptors (Lipinski definition) is 2. The Morgan fingerprint density at radius 2 is 2.00 bits per heavy atom. The van der Waals surface area contributed by atoms with E-state index in [4.69, 9.17) is 0 Å². The van der Waals surface area contributed by atoms with E-state index >= 15 is 0 Å². The molecule has 1 aliphatic carbocycles. The zero-order valence-corrected chi connectivity index (χ0v) is 9.57. The molecule has 16 heavy (non-hydrogen) atoms. The first-order valence-electron chi connectivity index (χ1n) is 5.84. The Morgan fingerprint density at radius 1 is 1.31 bits per heavy atom. The van der Waals surface area contributed by atoms with E-state index in [1.54, 1.807) is 7.05 Å². The quantitative estimate of drug-likeness (QED) is 0.806. The second-order valence-electron chi connectivity index (χ2n) is 4.25. The van der Waals surface area contributed by atoms with Crippen LogP contribution in [0.2, 0.25) is 0 Å². The molecule has 1 aromatic carbocycles. The van der Waals surface area contributed by atoms with Crippen LogP contribution in [0, 0.1) is 0 Å². The topological polar surface area (TPSA) is 41.1 Å². The summed E-state index contributed by atoms with van der Waals surface area (Å²) in [6.45, 7) is 0. The normalized spacial score (nSPS) is 17.6. The number of nitrogens with one attached hydrogen (secondary N) is 2. The van der Waals surface area contributed by atoms with Crippen LogP contribution in [-0.4, -0.2) is 19.0 Å². The maximum Gasteiger partial charge on any atom is 0.241 e. The first kappa shape index (κ1) is 11.1. The van der Waals surface area contributed by atoms with Crippen molar-refractivity contribution in [1.29, 1.82) is 0 Å². The van der Waals surface area contributed by atoms with Crippen LogP contribution in [0.25, 0.3) is 0 Å². The second-order valence-corrected chi connectivity index (χ2v) is 4.25. The highest BCUT2D eigenvalue weighted by Gasteiger charge is 2.25. The number of rotatable bonds is 4. The van der Waals surface area contributed by atoms with Crippen LogP contribution in [0.4, 0.5) is 0 Å². The summed E-state index contributed by atoms with van der Waals surface area (Å²) >= 11 is 0. The van der Waals surface area contributed by atoms with Crippen molar-refractivity contribution in [2.75, 3.05) is 7.05 Å². The summed E-state index contributed by atoms with van der Waals surface area (Å²) in [5.41, 5.74) is 1.04. The van der Waals surface area contributed by atoms with Crippen molar-refractivity contribution in [3.63, 3.8) is 0 Å². The molecule has 0 aliphatic heterocycles. The van der Waals surface area contributed by atoms with E-state index in [1.807, 2.05) is 30.3 Å². The summed E-state index contributed by atoms with van der Waals surface area (Å²) in [7, 11) is 1.68. The van der Waals surface area contributed by atoms with Crippen LogP contribution in [0.3, 0.4) is 0 Å². The molecule has 0 aromatic heterocycles. The van der Waals surface area contributed by atoms with E-state index in [2.05, 4.69) is 10.6 Å². The van der Waals surface area contributed by atoms with Crippen LogP contribution in [0.5, 0.6) is 0 Å². The number of amides is 1. The van der Waals surface area contributed by atoms with Crippen LogP contribution in [-0.2, 0) is 4.79 Å². The van der Waals surface area contributed by atoms with Gasteiger partial charge in [-0.15, -0.1) is 0 Å². The highest BCUT2D eigenvalue weighted by Crippen LogP contribution is 2.23. The Bertz CT molecular complexity index is 346. The average molecular weight is 218 g/mol. The summed E-state index contributed by atoms with van der Waals surface area (Å²) in [6.07, 6.45) is 3.63. The van der Waals surface area contributed by atoms with Crippen molar-refractivity contribution in [2.24, 2.45) is 0 Å². The van der Waals surface area contributed by atoms with Crippen molar-refractivity contribution in [2.45, 2.75) is 31.3 Å². The average Bonchev–Trinajstić information content (AvgIpc) is 2.28. The fourth-order valence-corrected chi connectivity index (χ4v) is 1.92. The molecule has 0 radical (unpaired) electrons. The molecule has 1 aromatic rings. The van der Waals surface area contributed by atoms with Gasteiger partial charge in [0.15, 0.2) is 0 Å². The molecule has 0 heterocycles. The predicted molar refractivity (Wildman–Crippen MR) is 64.0 cm³/mol. The van der Waals surface area contributed by atoms with Gasteiger partial charge in [-0.2, -0.15) is 0 Å². The van der Waals surface area contributed by atoms with Crippen molar-refractivity contribution < 1.29 is 4.79 Å². The molecular weight excluding hydrogens is 200 g/mol. The fraction of sp³-hybridized carbons (Fsp3) is 0.462. The van der Waals surface area contributed by atoms with E-state index in [1.165, 1.54) is 19.3 Å². The number of likely N-dealkylation sites (N-methyl/N-ethyl adjacent to an activating group) is 1. The molecule has 0 unspecified atom stereocenters. The van der Waals surface area contributed by atoms with Crippen LogP contribution < -0.4 is 10.6 Å². The van der Waals surface area contributed by atoms with Gasteiger partial charge in [-0.25, -0.2) is 0 Å². The molecular formula is C13H18N2O. The number of hydrogen-bond donors (Lipinski definition) is 2. The van der Waals surface area contributed by atoms with E-state index in [0.29, 0.717) is 6.04 Å². The van der Waals surface area contributed by atoms with Gasteiger partial charge in [-0.3, -0.25) is 10.1 Å². The molecule has 2 N–H and O–H groups in total. The highest BCUT2D eigenvalue weighted by molar-refractivity contribution is 5.82. The van der Waals surface area contributed by atoms with Gasteiger partial charge in [0.05, 0.1) is 0 Å². The Balaban J connectivity index is 2.10. The van der Waals surface area contributed by atoms with Gasteiger partial charge in [0.1, 0.15) is 6.04 Å². The number of carbonyl (C=O) groups excluding carboxylic acids is 1. The van der Waals surface area contributed by atoms with Crippen molar-refractivity contribution in [3.05, 3.63) is 35.9 Å². The van der Waals surface area contributed by atoms with E-state index in [9.17, 15) is 4.79 Å². The monoisotopic (exact) mass is 218 g/mol. The van der Waals surface area contributed by atoms with Crippen LogP contribution in [0.15, 0.2) is 30.3 Å². The lowest BCUT2D eigenvalue weighted by Gasteiger charge is -2.31. The smallest absolute Gasteiger partial charge is 0.241 e. The molecule has 0 spiro atoms. The first-order valence-corrected chi connectivity index (χ1v) is 5.84. The molecule has 1 saturated carbocycles.